The molecule has 2 N–H and O–H groups in total. The summed E-state index contributed by atoms with van der Waals surface area (Å²) < 4.78 is 5.29. The quantitative estimate of drug-likeness (QED) is 0.633. The van der Waals surface area contributed by atoms with Crippen LogP contribution in [0.25, 0.3) is 0 Å². The van der Waals surface area contributed by atoms with Crippen molar-refractivity contribution in [2.24, 2.45) is 0 Å². The second kappa shape index (κ2) is 10.5. The summed E-state index contributed by atoms with van der Waals surface area (Å²) in [6.45, 7) is 5.30. The normalized spacial score (nSPS) is 10.4. The summed E-state index contributed by atoms with van der Waals surface area (Å²) in [6.07, 6.45) is 1.86. The Balaban J connectivity index is 1.90. The second-order valence-electron chi connectivity index (χ2n) is 4.42. The minimum absolute atomic E-state index is 0.0286. The molecule has 0 aliphatic rings. The Morgan fingerprint density at radius 3 is 2.74 bits per heavy atom. The highest BCUT2D eigenvalue weighted by Crippen LogP contribution is 1.96. The minimum atomic E-state index is -0.0286. The minimum Gasteiger partial charge on any atom is -0.372 e. The maximum atomic E-state index is 11.2. The van der Waals surface area contributed by atoms with Crippen molar-refractivity contribution >= 4 is 5.91 Å². The first-order valence-corrected chi connectivity index (χ1v) is 6.92. The Hall–Kier alpha value is -1.39. The molecule has 1 amide bonds. The van der Waals surface area contributed by atoms with E-state index in [-0.39, 0.29) is 12.5 Å². The van der Waals surface area contributed by atoms with Gasteiger partial charge in [-0.2, -0.15) is 0 Å². The predicted molar refractivity (Wildman–Crippen MR) is 76.9 cm³/mol. The Kier molecular flexibility index (Phi) is 8.68. The molecule has 4 heteroatoms. The van der Waals surface area contributed by atoms with Crippen LogP contribution >= 0.6 is 0 Å². The Morgan fingerprint density at radius 2 is 2.00 bits per heavy atom. The molecule has 0 spiro atoms. The molecule has 106 valence electrons. The third-order valence-corrected chi connectivity index (χ3v) is 2.62. The van der Waals surface area contributed by atoms with Crippen LogP contribution in [0.2, 0.25) is 0 Å². The Bertz CT molecular complexity index is 341. The number of rotatable bonds is 10. The van der Waals surface area contributed by atoms with E-state index in [1.165, 1.54) is 5.56 Å². The standard InChI is InChI=1S/C15H24N2O2/c1-2-9-17-15(18)13-19-11-6-10-16-12-14-7-4-3-5-8-14/h3-5,7-8,16H,2,6,9-13H2,1H3,(H,17,18). The fraction of sp³-hybridized carbons (Fsp3) is 0.533. The SMILES string of the molecule is CCCNC(=O)COCCCNCc1ccccc1. The van der Waals surface area contributed by atoms with Crippen molar-refractivity contribution in [1.82, 2.24) is 10.6 Å². The van der Waals surface area contributed by atoms with E-state index in [9.17, 15) is 4.79 Å². The van der Waals surface area contributed by atoms with E-state index in [2.05, 4.69) is 22.8 Å². The van der Waals surface area contributed by atoms with E-state index in [1.54, 1.807) is 0 Å². The van der Waals surface area contributed by atoms with Crippen LogP contribution in [-0.4, -0.2) is 32.2 Å². The summed E-state index contributed by atoms with van der Waals surface area (Å²) >= 11 is 0. The molecule has 0 radical (unpaired) electrons. The number of ether oxygens (including phenoxy) is 1. The van der Waals surface area contributed by atoms with Crippen molar-refractivity contribution in [2.75, 3.05) is 26.3 Å². The smallest absolute Gasteiger partial charge is 0.245 e. The predicted octanol–water partition coefficient (Wildman–Crippen LogP) is 1.71. The zero-order chi connectivity index (χ0) is 13.8. The summed E-state index contributed by atoms with van der Waals surface area (Å²) in [6, 6.07) is 10.3. The average Bonchev–Trinajstić information content (AvgIpc) is 2.45. The van der Waals surface area contributed by atoms with E-state index in [1.807, 2.05) is 25.1 Å². The van der Waals surface area contributed by atoms with E-state index >= 15 is 0 Å². The lowest BCUT2D eigenvalue weighted by atomic mass is 10.2. The first-order valence-electron chi connectivity index (χ1n) is 6.92. The van der Waals surface area contributed by atoms with Gasteiger partial charge in [0.05, 0.1) is 0 Å². The third-order valence-electron chi connectivity index (χ3n) is 2.62. The molecule has 1 aromatic rings. The Labute approximate surface area is 115 Å². The zero-order valence-electron chi connectivity index (χ0n) is 11.7. The number of carbonyl (C=O) groups excluding carboxylic acids is 1. The van der Waals surface area contributed by atoms with Crippen LogP contribution in [0.15, 0.2) is 30.3 Å². The fourth-order valence-electron chi connectivity index (χ4n) is 1.61. The number of nitrogens with one attached hydrogen (secondary N) is 2. The van der Waals surface area contributed by atoms with Crippen molar-refractivity contribution in [3.05, 3.63) is 35.9 Å². The van der Waals surface area contributed by atoms with Gasteiger partial charge in [-0.25, -0.2) is 0 Å². The number of carbonyl (C=O) groups is 1. The number of amides is 1. The van der Waals surface area contributed by atoms with Gasteiger partial charge in [0, 0.05) is 19.7 Å². The van der Waals surface area contributed by atoms with Gasteiger partial charge in [0.25, 0.3) is 0 Å². The molecule has 0 aromatic heterocycles. The molecule has 0 aliphatic heterocycles. The van der Waals surface area contributed by atoms with Gasteiger partial charge < -0.3 is 15.4 Å². The highest BCUT2D eigenvalue weighted by Gasteiger charge is 1.99. The molecule has 0 unspecified atom stereocenters. The van der Waals surface area contributed by atoms with Crippen LogP contribution < -0.4 is 10.6 Å². The first-order chi connectivity index (χ1) is 9.33. The number of hydrogen-bond acceptors (Lipinski definition) is 3. The van der Waals surface area contributed by atoms with E-state index in [4.69, 9.17) is 4.74 Å². The summed E-state index contributed by atoms with van der Waals surface area (Å²) in [5, 5.41) is 6.12. The van der Waals surface area contributed by atoms with E-state index < -0.39 is 0 Å². The maximum Gasteiger partial charge on any atom is 0.245 e. The summed E-state index contributed by atoms with van der Waals surface area (Å²) in [5.74, 6) is -0.0286. The van der Waals surface area contributed by atoms with Gasteiger partial charge in [-0.1, -0.05) is 37.3 Å². The topological polar surface area (TPSA) is 50.4 Å². The number of hydrogen-bond donors (Lipinski definition) is 2. The number of benzene rings is 1. The molecule has 1 aromatic carbocycles. The third kappa shape index (κ3) is 8.35. The monoisotopic (exact) mass is 264 g/mol. The second-order valence-corrected chi connectivity index (χ2v) is 4.42. The molecular formula is C15H24N2O2. The molecule has 0 bridgehead atoms. The van der Waals surface area contributed by atoms with Gasteiger partial charge >= 0.3 is 0 Å². The van der Waals surface area contributed by atoms with Gasteiger partial charge in [0.15, 0.2) is 0 Å². The highest BCUT2D eigenvalue weighted by molar-refractivity contribution is 5.77. The highest BCUT2D eigenvalue weighted by atomic mass is 16.5. The van der Waals surface area contributed by atoms with Crippen LogP contribution in [0, 0.1) is 0 Å². The van der Waals surface area contributed by atoms with Gasteiger partial charge in [-0.3, -0.25) is 4.79 Å². The van der Waals surface area contributed by atoms with Crippen LogP contribution in [0.4, 0.5) is 0 Å². The molecule has 0 saturated carbocycles. The molecule has 19 heavy (non-hydrogen) atoms. The van der Waals surface area contributed by atoms with Gasteiger partial charge in [0.2, 0.25) is 5.91 Å². The molecular weight excluding hydrogens is 240 g/mol. The molecule has 4 nitrogen and oxygen atoms in total. The molecule has 1 rings (SSSR count). The van der Waals surface area contributed by atoms with E-state index in [0.717, 1.165) is 32.5 Å². The van der Waals surface area contributed by atoms with Crippen LogP contribution in [-0.2, 0) is 16.1 Å². The molecule has 0 saturated heterocycles. The maximum absolute atomic E-state index is 11.2. The summed E-state index contributed by atoms with van der Waals surface area (Å²) in [5.41, 5.74) is 1.28. The van der Waals surface area contributed by atoms with Crippen molar-refractivity contribution < 1.29 is 9.53 Å². The van der Waals surface area contributed by atoms with E-state index in [0.29, 0.717) is 6.61 Å². The lowest BCUT2D eigenvalue weighted by Gasteiger charge is -2.06. The van der Waals surface area contributed by atoms with Crippen molar-refractivity contribution in [1.29, 1.82) is 0 Å². The zero-order valence-corrected chi connectivity index (χ0v) is 11.7. The average molecular weight is 264 g/mol. The molecule has 0 fully saturated rings. The van der Waals surface area contributed by atoms with Crippen molar-refractivity contribution in [3.63, 3.8) is 0 Å². The summed E-state index contributed by atoms with van der Waals surface area (Å²) in [4.78, 5) is 11.2. The van der Waals surface area contributed by atoms with Crippen LogP contribution in [0.5, 0.6) is 0 Å². The molecule has 0 heterocycles. The summed E-state index contributed by atoms with van der Waals surface area (Å²) in [7, 11) is 0. The fourth-order valence-corrected chi connectivity index (χ4v) is 1.61. The Morgan fingerprint density at radius 1 is 1.21 bits per heavy atom. The van der Waals surface area contributed by atoms with Gasteiger partial charge in [-0.05, 0) is 24.9 Å². The van der Waals surface area contributed by atoms with Crippen molar-refractivity contribution in [2.45, 2.75) is 26.3 Å². The molecule has 0 atom stereocenters. The molecule has 0 aliphatic carbocycles. The van der Waals surface area contributed by atoms with Crippen LogP contribution in [0.1, 0.15) is 25.3 Å². The van der Waals surface area contributed by atoms with Gasteiger partial charge in [-0.15, -0.1) is 0 Å². The van der Waals surface area contributed by atoms with Crippen LogP contribution in [0.3, 0.4) is 0 Å². The largest absolute Gasteiger partial charge is 0.372 e. The first kappa shape index (κ1) is 15.7. The van der Waals surface area contributed by atoms with Gasteiger partial charge in [0.1, 0.15) is 6.61 Å². The van der Waals surface area contributed by atoms with Crippen molar-refractivity contribution in [3.8, 4) is 0 Å². The lowest BCUT2D eigenvalue weighted by Crippen LogP contribution is -2.28. The lowest BCUT2D eigenvalue weighted by molar-refractivity contribution is -0.125.